The maximum absolute atomic E-state index is 12.5. The van der Waals surface area contributed by atoms with Gasteiger partial charge in [-0.2, -0.15) is 0 Å². The molecule has 4 rings (SSSR count). The predicted molar refractivity (Wildman–Crippen MR) is 106 cm³/mol. The summed E-state index contributed by atoms with van der Waals surface area (Å²) in [6.07, 6.45) is 3.51. The van der Waals surface area contributed by atoms with Gasteiger partial charge in [0.05, 0.1) is 19.8 Å². The van der Waals surface area contributed by atoms with Crippen LogP contribution in [0.2, 0.25) is 0 Å². The van der Waals surface area contributed by atoms with Gasteiger partial charge < -0.3 is 14.5 Å². The molecular formula is C20H26N6O2. The van der Waals surface area contributed by atoms with E-state index in [1.165, 1.54) is 0 Å². The number of amides is 1. The topological polar surface area (TPSA) is 74.7 Å². The van der Waals surface area contributed by atoms with Crippen molar-refractivity contribution in [1.29, 1.82) is 0 Å². The summed E-state index contributed by atoms with van der Waals surface area (Å²) >= 11 is 0. The van der Waals surface area contributed by atoms with Crippen molar-refractivity contribution >= 4 is 11.7 Å². The lowest BCUT2D eigenvalue weighted by Crippen LogP contribution is -2.51. The fourth-order valence-electron chi connectivity index (χ4n) is 3.58. The number of nitrogens with zero attached hydrogens (tertiary/aromatic N) is 6. The van der Waals surface area contributed by atoms with Crippen LogP contribution in [-0.2, 0) is 9.53 Å². The van der Waals surface area contributed by atoms with E-state index in [9.17, 15) is 4.79 Å². The van der Waals surface area contributed by atoms with Crippen molar-refractivity contribution in [2.24, 2.45) is 0 Å². The molecule has 2 saturated heterocycles. The van der Waals surface area contributed by atoms with Crippen LogP contribution in [0.25, 0.3) is 11.4 Å². The number of hydrogen-bond acceptors (Lipinski definition) is 7. The first-order chi connectivity index (χ1) is 13.7. The summed E-state index contributed by atoms with van der Waals surface area (Å²) < 4.78 is 5.32. The lowest BCUT2D eigenvalue weighted by molar-refractivity contribution is -0.136. The van der Waals surface area contributed by atoms with Gasteiger partial charge >= 0.3 is 0 Å². The maximum Gasteiger partial charge on any atom is 0.236 e. The third-order valence-electron chi connectivity index (χ3n) is 5.20. The van der Waals surface area contributed by atoms with Crippen LogP contribution >= 0.6 is 0 Å². The second-order valence-corrected chi connectivity index (χ2v) is 7.18. The second-order valence-electron chi connectivity index (χ2n) is 7.18. The fraction of sp³-hybridized carbons (Fsp3) is 0.500. The monoisotopic (exact) mass is 382 g/mol. The molecule has 2 aromatic rings. The van der Waals surface area contributed by atoms with Gasteiger partial charge in [0, 0.05) is 69.0 Å². The van der Waals surface area contributed by atoms with E-state index < -0.39 is 0 Å². The van der Waals surface area contributed by atoms with Crippen molar-refractivity contribution in [3.8, 4) is 11.4 Å². The van der Waals surface area contributed by atoms with Gasteiger partial charge in [0.15, 0.2) is 5.82 Å². The van der Waals surface area contributed by atoms with Gasteiger partial charge in [-0.1, -0.05) is 0 Å². The molecule has 0 bridgehead atoms. The molecule has 0 unspecified atom stereocenters. The number of carbonyl (C=O) groups is 1. The number of pyridine rings is 1. The Hall–Kier alpha value is -2.58. The molecule has 0 saturated carbocycles. The summed E-state index contributed by atoms with van der Waals surface area (Å²) in [4.78, 5) is 32.3. The van der Waals surface area contributed by atoms with Gasteiger partial charge in [0.1, 0.15) is 5.82 Å². The molecule has 0 aromatic carbocycles. The fourth-order valence-corrected chi connectivity index (χ4v) is 3.58. The van der Waals surface area contributed by atoms with E-state index in [4.69, 9.17) is 9.72 Å². The van der Waals surface area contributed by atoms with Crippen LogP contribution < -0.4 is 4.90 Å². The molecule has 0 spiro atoms. The van der Waals surface area contributed by atoms with Crippen molar-refractivity contribution in [2.75, 3.05) is 63.9 Å². The highest BCUT2D eigenvalue weighted by Crippen LogP contribution is 2.20. The number of aryl methyl sites for hydroxylation is 1. The molecule has 0 atom stereocenters. The average molecular weight is 382 g/mol. The van der Waals surface area contributed by atoms with Crippen LogP contribution in [0, 0.1) is 6.92 Å². The number of carbonyl (C=O) groups excluding carboxylic acids is 1. The standard InChI is InChI=1S/C20H26N6O2/c1-16-14-18(23-20(22-16)17-2-4-21-5-3-17)25-8-6-24(7-9-25)15-19(27)26-10-12-28-13-11-26/h2-5,14H,6-13,15H2,1H3. The minimum absolute atomic E-state index is 0.203. The molecular weight excluding hydrogens is 356 g/mol. The van der Waals surface area contributed by atoms with E-state index in [1.54, 1.807) is 12.4 Å². The Morgan fingerprint density at radius 2 is 1.75 bits per heavy atom. The first-order valence-corrected chi connectivity index (χ1v) is 9.78. The summed E-state index contributed by atoms with van der Waals surface area (Å²) in [5.41, 5.74) is 1.91. The van der Waals surface area contributed by atoms with E-state index in [0.29, 0.717) is 32.8 Å². The predicted octanol–water partition coefficient (Wildman–Crippen LogP) is 0.828. The van der Waals surface area contributed by atoms with Crippen molar-refractivity contribution in [3.05, 3.63) is 36.3 Å². The van der Waals surface area contributed by atoms with E-state index in [2.05, 4.69) is 19.8 Å². The van der Waals surface area contributed by atoms with Crippen LogP contribution in [0.3, 0.4) is 0 Å². The van der Waals surface area contributed by atoms with Gasteiger partial charge in [-0.05, 0) is 19.1 Å². The van der Waals surface area contributed by atoms with Crippen molar-refractivity contribution in [3.63, 3.8) is 0 Å². The zero-order valence-corrected chi connectivity index (χ0v) is 16.3. The zero-order valence-electron chi connectivity index (χ0n) is 16.3. The Bertz CT molecular complexity index is 802. The molecule has 2 fully saturated rings. The Morgan fingerprint density at radius 1 is 1.04 bits per heavy atom. The van der Waals surface area contributed by atoms with Crippen LogP contribution in [0.4, 0.5) is 5.82 Å². The molecule has 0 aliphatic carbocycles. The van der Waals surface area contributed by atoms with Gasteiger partial charge in [-0.3, -0.25) is 14.7 Å². The summed E-state index contributed by atoms with van der Waals surface area (Å²) in [6.45, 7) is 8.58. The third kappa shape index (κ3) is 4.45. The SMILES string of the molecule is Cc1cc(N2CCN(CC(=O)N3CCOCC3)CC2)nc(-c2ccncc2)n1. The van der Waals surface area contributed by atoms with Gasteiger partial charge in [-0.25, -0.2) is 9.97 Å². The summed E-state index contributed by atoms with van der Waals surface area (Å²) in [5, 5.41) is 0. The van der Waals surface area contributed by atoms with Crippen LogP contribution in [-0.4, -0.2) is 89.7 Å². The number of anilines is 1. The number of aromatic nitrogens is 3. The van der Waals surface area contributed by atoms with E-state index >= 15 is 0 Å². The molecule has 148 valence electrons. The second kappa shape index (κ2) is 8.62. The lowest BCUT2D eigenvalue weighted by Gasteiger charge is -2.36. The normalized spacial score (nSPS) is 18.3. The highest BCUT2D eigenvalue weighted by atomic mass is 16.5. The van der Waals surface area contributed by atoms with Crippen LogP contribution in [0.5, 0.6) is 0 Å². The van der Waals surface area contributed by atoms with Gasteiger partial charge in [0.25, 0.3) is 0 Å². The minimum atomic E-state index is 0.203. The lowest BCUT2D eigenvalue weighted by atomic mass is 10.2. The summed E-state index contributed by atoms with van der Waals surface area (Å²) in [7, 11) is 0. The molecule has 2 aliphatic rings. The quantitative estimate of drug-likeness (QED) is 0.775. The van der Waals surface area contributed by atoms with E-state index in [0.717, 1.165) is 49.1 Å². The molecule has 8 heteroatoms. The maximum atomic E-state index is 12.5. The number of ether oxygens (including phenoxy) is 1. The molecule has 0 radical (unpaired) electrons. The molecule has 1 amide bonds. The first kappa shape index (κ1) is 18.8. The third-order valence-corrected chi connectivity index (χ3v) is 5.20. The highest BCUT2D eigenvalue weighted by molar-refractivity contribution is 5.78. The Balaban J connectivity index is 1.37. The molecule has 0 N–H and O–H groups in total. The van der Waals surface area contributed by atoms with Gasteiger partial charge in [-0.15, -0.1) is 0 Å². The van der Waals surface area contributed by atoms with E-state index in [1.807, 2.05) is 30.0 Å². The largest absolute Gasteiger partial charge is 0.378 e. The zero-order chi connectivity index (χ0) is 19.3. The van der Waals surface area contributed by atoms with Crippen molar-refractivity contribution in [1.82, 2.24) is 24.8 Å². The smallest absolute Gasteiger partial charge is 0.236 e. The van der Waals surface area contributed by atoms with Gasteiger partial charge in [0.2, 0.25) is 5.91 Å². The minimum Gasteiger partial charge on any atom is -0.378 e. The molecule has 8 nitrogen and oxygen atoms in total. The molecule has 2 aromatic heterocycles. The Morgan fingerprint density at radius 3 is 2.46 bits per heavy atom. The Kier molecular flexibility index (Phi) is 5.78. The Labute approximate surface area is 165 Å². The number of morpholine rings is 1. The first-order valence-electron chi connectivity index (χ1n) is 9.78. The number of hydrogen-bond donors (Lipinski definition) is 0. The van der Waals surface area contributed by atoms with Crippen LogP contribution in [0.1, 0.15) is 5.69 Å². The summed E-state index contributed by atoms with van der Waals surface area (Å²) in [6, 6.07) is 5.88. The van der Waals surface area contributed by atoms with E-state index in [-0.39, 0.29) is 5.91 Å². The molecule has 28 heavy (non-hydrogen) atoms. The number of piperazine rings is 1. The van der Waals surface area contributed by atoms with Crippen molar-refractivity contribution in [2.45, 2.75) is 6.92 Å². The summed E-state index contributed by atoms with van der Waals surface area (Å²) in [5.74, 6) is 1.87. The highest BCUT2D eigenvalue weighted by Gasteiger charge is 2.24. The van der Waals surface area contributed by atoms with Crippen molar-refractivity contribution < 1.29 is 9.53 Å². The average Bonchev–Trinajstić information content (AvgIpc) is 2.75. The number of rotatable bonds is 4. The van der Waals surface area contributed by atoms with Crippen LogP contribution in [0.15, 0.2) is 30.6 Å². The molecule has 2 aliphatic heterocycles. The molecule has 4 heterocycles.